The molecule has 1 aliphatic heterocycles. The third-order valence-corrected chi connectivity index (χ3v) is 2.72. The monoisotopic (exact) mass is 198 g/mol. The van der Waals surface area contributed by atoms with Crippen molar-refractivity contribution in [2.45, 2.75) is 58.0 Å². The zero-order valence-corrected chi connectivity index (χ0v) is 9.31. The third kappa shape index (κ3) is 3.66. The summed E-state index contributed by atoms with van der Waals surface area (Å²) in [6.07, 6.45) is 5.53. The number of nitrogens with one attached hydrogen (secondary N) is 2. The number of hydrogen-bond acceptors (Lipinski definition) is 2. The molecule has 1 unspecified atom stereocenters. The number of carbonyl (C=O) groups excluding carboxylic acids is 1. The summed E-state index contributed by atoms with van der Waals surface area (Å²) >= 11 is 0. The summed E-state index contributed by atoms with van der Waals surface area (Å²) in [4.78, 5) is 11.0. The Morgan fingerprint density at radius 1 is 1.43 bits per heavy atom. The van der Waals surface area contributed by atoms with Crippen LogP contribution >= 0.6 is 0 Å². The van der Waals surface area contributed by atoms with Gasteiger partial charge < -0.3 is 10.6 Å². The van der Waals surface area contributed by atoms with Crippen molar-refractivity contribution in [3.8, 4) is 0 Å². The number of amides is 1. The van der Waals surface area contributed by atoms with Crippen molar-refractivity contribution < 1.29 is 4.79 Å². The summed E-state index contributed by atoms with van der Waals surface area (Å²) in [6.45, 7) is 5.23. The van der Waals surface area contributed by atoms with E-state index in [4.69, 9.17) is 0 Å². The summed E-state index contributed by atoms with van der Waals surface area (Å²) in [7, 11) is 0. The predicted molar refractivity (Wildman–Crippen MR) is 58.2 cm³/mol. The minimum Gasteiger partial charge on any atom is -0.354 e. The van der Waals surface area contributed by atoms with Gasteiger partial charge in [-0.2, -0.15) is 0 Å². The molecule has 1 aliphatic rings. The van der Waals surface area contributed by atoms with Crippen molar-refractivity contribution in [2.75, 3.05) is 6.54 Å². The molecule has 0 radical (unpaired) electrons. The van der Waals surface area contributed by atoms with Crippen LogP contribution in [0.15, 0.2) is 0 Å². The minimum absolute atomic E-state index is 0.189. The van der Waals surface area contributed by atoms with E-state index >= 15 is 0 Å². The van der Waals surface area contributed by atoms with Crippen LogP contribution in [0.25, 0.3) is 0 Å². The van der Waals surface area contributed by atoms with Crippen molar-refractivity contribution in [1.29, 1.82) is 0 Å². The standard InChI is InChI=1S/C11H22N2O/c1-3-5-9(6-4-2)13-10-7-11(14)12-8-10/h9-10,13H,3-8H2,1-2H3,(H,12,14). The Hall–Kier alpha value is -0.570. The Morgan fingerprint density at radius 2 is 2.07 bits per heavy atom. The van der Waals surface area contributed by atoms with Crippen LogP contribution < -0.4 is 10.6 Å². The van der Waals surface area contributed by atoms with Gasteiger partial charge in [0.1, 0.15) is 0 Å². The molecule has 82 valence electrons. The van der Waals surface area contributed by atoms with Crippen LogP contribution in [0.1, 0.15) is 46.0 Å². The van der Waals surface area contributed by atoms with E-state index in [-0.39, 0.29) is 5.91 Å². The molecule has 14 heavy (non-hydrogen) atoms. The molecule has 1 atom stereocenters. The lowest BCUT2D eigenvalue weighted by molar-refractivity contribution is -0.119. The van der Waals surface area contributed by atoms with Crippen LogP contribution in [-0.4, -0.2) is 24.5 Å². The molecule has 1 amide bonds. The minimum atomic E-state index is 0.189. The highest BCUT2D eigenvalue weighted by molar-refractivity contribution is 5.78. The Morgan fingerprint density at radius 3 is 2.50 bits per heavy atom. The summed E-state index contributed by atoms with van der Waals surface area (Å²) in [5.74, 6) is 0.189. The Balaban J connectivity index is 2.27. The first-order valence-corrected chi connectivity index (χ1v) is 5.79. The third-order valence-electron chi connectivity index (χ3n) is 2.72. The van der Waals surface area contributed by atoms with E-state index < -0.39 is 0 Å². The fourth-order valence-corrected chi connectivity index (χ4v) is 2.06. The van der Waals surface area contributed by atoms with Gasteiger partial charge in [-0.25, -0.2) is 0 Å². The average Bonchev–Trinajstić information content (AvgIpc) is 2.52. The fraction of sp³-hybridized carbons (Fsp3) is 0.909. The van der Waals surface area contributed by atoms with Crippen LogP contribution in [0.2, 0.25) is 0 Å². The fourth-order valence-electron chi connectivity index (χ4n) is 2.06. The molecule has 1 heterocycles. The number of carbonyl (C=O) groups is 1. The van der Waals surface area contributed by atoms with Crippen molar-refractivity contribution in [3.63, 3.8) is 0 Å². The first kappa shape index (κ1) is 11.5. The van der Waals surface area contributed by atoms with Crippen molar-refractivity contribution in [1.82, 2.24) is 10.6 Å². The van der Waals surface area contributed by atoms with Crippen molar-refractivity contribution >= 4 is 5.91 Å². The molecule has 3 heteroatoms. The molecule has 1 fully saturated rings. The second-order valence-electron chi connectivity index (χ2n) is 4.15. The van der Waals surface area contributed by atoms with Gasteiger partial charge in [-0.15, -0.1) is 0 Å². The van der Waals surface area contributed by atoms with Gasteiger partial charge in [0.25, 0.3) is 0 Å². The molecular formula is C11H22N2O. The summed E-state index contributed by atoms with van der Waals surface area (Å²) < 4.78 is 0. The van der Waals surface area contributed by atoms with Crippen LogP contribution in [0.5, 0.6) is 0 Å². The molecule has 3 nitrogen and oxygen atoms in total. The van der Waals surface area contributed by atoms with Gasteiger partial charge in [0, 0.05) is 25.0 Å². The van der Waals surface area contributed by atoms with Crippen molar-refractivity contribution in [3.05, 3.63) is 0 Å². The molecule has 0 aromatic rings. The molecule has 1 saturated heterocycles. The molecule has 0 saturated carbocycles. The van der Waals surface area contributed by atoms with E-state index in [2.05, 4.69) is 24.5 Å². The van der Waals surface area contributed by atoms with Gasteiger partial charge in [-0.1, -0.05) is 26.7 Å². The lowest BCUT2D eigenvalue weighted by Gasteiger charge is -2.21. The van der Waals surface area contributed by atoms with Gasteiger partial charge in [-0.05, 0) is 12.8 Å². The predicted octanol–water partition coefficient (Wildman–Crippen LogP) is 1.43. The SMILES string of the molecule is CCCC(CCC)NC1CNC(=O)C1. The topological polar surface area (TPSA) is 41.1 Å². The van der Waals surface area contributed by atoms with Gasteiger partial charge in [0.2, 0.25) is 5.91 Å². The molecule has 2 N–H and O–H groups in total. The zero-order chi connectivity index (χ0) is 10.4. The van der Waals surface area contributed by atoms with E-state index in [9.17, 15) is 4.79 Å². The first-order chi connectivity index (χ1) is 6.76. The van der Waals surface area contributed by atoms with Gasteiger partial charge in [-0.3, -0.25) is 4.79 Å². The van der Waals surface area contributed by atoms with Gasteiger partial charge >= 0.3 is 0 Å². The smallest absolute Gasteiger partial charge is 0.221 e. The highest BCUT2D eigenvalue weighted by Gasteiger charge is 2.22. The van der Waals surface area contributed by atoms with E-state index in [1.165, 1.54) is 25.7 Å². The van der Waals surface area contributed by atoms with Crippen LogP contribution in [0.3, 0.4) is 0 Å². The molecule has 0 aromatic carbocycles. The Labute approximate surface area is 86.6 Å². The largest absolute Gasteiger partial charge is 0.354 e. The first-order valence-electron chi connectivity index (χ1n) is 5.79. The van der Waals surface area contributed by atoms with Crippen molar-refractivity contribution in [2.24, 2.45) is 0 Å². The summed E-state index contributed by atoms with van der Waals surface area (Å²) in [6, 6.07) is 0.966. The quantitative estimate of drug-likeness (QED) is 0.678. The van der Waals surface area contributed by atoms with Crippen LogP contribution in [0.4, 0.5) is 0 Å². The van der Waals surface area contributed by atoms with Crippen LogP contribution in [0, 0.1) is 0 Å². The zero-order valence-electron chi connectivity index (χ0n) is 9.31. The maximum Gasteiger partial charge on any atom is 0.221 e. The van der Waals surface area contributed by atoms with E-state index in [0.29, 0.717) is 18.5 Å². The van der Waals surface area contributed by atoms with E-state index in [1.54, 1.807) is 0 Å². The molecule has 0 aliphatic carbocycles. The normalized spacial score (nSPS) is 21.6. The number of hydrogen-bond donors (Lipinski definition) is 2. The molecular weight excluding hydrogens is 176 g/mol. The highest BCUT2D eigenvalue weighted by Crippen LogP contribution is 2.08. The van der Waals surface area contributed by atoms with E-state index in [1.807, 2.05) is 0 Å². The summed E-state index contributed by atoms with van der Waals surface area (Å²) in [5.41, 5.74) is 0. The Bertz CT molecular complexity index is 176. The lowest BCUT2D eigenvalue weighted by atomic mass is 10.1. The van der Waals surface area contributed by atoms with Crippen LogP contribution in [-0.2, 0) is 4.79 Å². The lowest BCUT2D eigenvalue weighted by Crippen LogP contribution is -2.39. The molecule has 1 rings (SSSR count). The Kier molecular flexibility index (Phi) is 4.94. The number of rotatable bonds is 6. The maximum atomic E-state index is 11.0. The van der Waals surface area contributed by atoms with Gasteiger partial charge in [0.05, 0.1) is 0 Å². The molecule has 0 aromatic heterocycles. The maximum absolute atomic E-state index is 11.0. The summed E-state index contributed by atoms with van der Waals surface area (Å²) in [5, 5.41) is 6.42. The molecule has 0 spiro atoms. The second-order valence-corrected chi connectivity index (χ2v) is 4.15. The van der Waals surface area contributed by atoms with Gasteiger partial charge in [0.15, 0.2) is 0 Å². The van der Waals surface area contributed by atoms with E-state index in [0.717, 1.165) is 6.54 Å². The molecule has 0 bridgehead atoms. The highest BCUT2D eigenvalue weighted by atomic mass is 16.1. The average molecular weight is 198 g/mol. The second kappa shape index (κ2) is 6.02.